The number of hydrogen-bond acceptors (Lipinski definition) is 2. The fourth-order valence-electron chi connectivity index (χ4n) is 2.62. The van der Waals surface area contributed by atoms with Crippen LogP contribution in [0.2, 0.25) is 0 Å². The van der Waals surface area contributed by atoms with Crippen LogP contribution in [0.1, 0.15) is 23.2 Å². The van der Waals surface area contributed by atoms with Crippen molar-refractivity contribution in [3.8, 4) is 11.5 Å². The molecule has 0 amide bonds. The van der Waals surface area contributed by atoms with E-state index in [0.717, 1.165) is 37.6 Å². The summed E-state index contributed by atoms with van der Waals surface area (Å²) in [5, 5.41) is 0. The molecule has 1 aliphatic heterocycles. The second-order valence-electron chi connectivity index (χ2n) is 5.34. The van der Waals surface area contributed by atoms with E-state index in [9.17, 15) is 0 Å². The van der Waals surface area contributed by atoms with E-state index in [4.69, 9.17) is 9.47 Å². The molecule has 0 aromatic heterocycles. The van der Waals surface area contributed by atoms with E-state index in [1.54, 1.807) is 0 Å². The highest BCUT2D eigenvalue weighted by atomic mass is 79.9. The van der Waals surface area contributed by atoms with E-state index >= 15 is 0 Å². The minimum Gasteiger partial charge on any atom is -0.457 e. The lowest BCUT2D eigenvalue weighted by molar-refractivity contribution is 0.0662. The highest BCUT2D eigenvalue weighted by Gasteiger charge is 2.23. The summed E-state index contributed by atoms with van der Waals surface area (Å²) in [7, 11) is 0. The van der Waals surface area contributed by atoms with Crippen LogP contribution in [0.25, 0.3) is 0 Å². The zero-order valence-electron chi connectivity index (χ0n) is 11.9. The van der Waals surface area contributed by atoms with Crippen molar-refractivity contribution in [1.29, 1.82) is 0 Å². The smallest absolute Gasteiger partial charge is 0.127 e. The molecule has 0 spiro atoms. The molecule has 0 radical (unpaired) electrons. The molecule has 1 aliphatic rings. The van der Waals surface area contributed by atoms with Crippen molar-refractivity contribution in [3.05, 3.63) is 60.2 Å². The normalized spacial score (nSPS) is 17.4. The van der Waals surface area contributed by atoms with Gasteiger partial charge in [-0.25, -0.2) is 0 Å². The number of benzene rings is 2. The Morgan fingerprint density at radius 3 is 2.19 bits per heavy atom. The molecule has 1 saturated heterocycles. The molecule has 1 fully saturated rings. The quantitative estimate of drug-likeness (QED) is 0.695. The Bertz CT molecular complexity index is 547. The zero-order chi connectivity index (χ0) is 14.5. The molecule has 1 heterocycles. The van der Waals surface area contributed by atoms with Gasteiger partial charge >= 0.3 is 0 Å². The molecule has 2 nitrogen and oxygen atoms in total. The summed E-state index contributed by atoms with van der Waals surface area (Å²) in [4.78, 5) is 0.396. The first-order chi connectivity index (χ1) is 10.3. The van der Waals surface area contributed by atoms with E-state index in [0.29, 0.717) is 10.7 Å². The summed E-state index contributed by atoms with van der Waals surface area (Å²) in [5.41, 5.74) is 1.31. The Labute approximate surface area is 134 Å². The van der Waals surface area contributed by atoms with Crippen LogP contribution in [-0.2, 0) is 4.74 Å². The van der Waals surface area contributed by atoms with Crippen LogP contribution in [-0.4, -0.2) is 13.2 Å². The minimum absolute atomic E-state index is 0.396. The fourth-order valence-corrected chi connectivity index (χ4v) is 3.46. The van der Waals surface area contributed by atoms with Crippen LogP contribution in [0.5, 0.6) is 11.5 Å². The third-order valence-electron chi connectivity index (χ3n) is 3.86. The number of para-hydroxylation sites is 1. The molecule has 3 rings (SSSR count). The Kier molecular flexibility index (Phi) is 4.94. The van der Waals surface area contributed by atoms with Gasteiger partial charge in [-0.05, 0) is 48.6 Å². The monoisotopic (exact) mass is 346 g/mol. The summed E-state index contributed by atoms with van der Waals surface area (Å²) < 4.78 is 11.3. The van der Waals surface area contributed by atoms with E-state index < -0.39 is 0 Å². The van der Waals surface area contributed by atoms with Gasteiger partial charge in [0.05, 0.1) is 0 Å². The summed E-state index contributed by atoms with van der Waals surface area (Å²) in [5.74, 6) is 2.39. The van der Waals surface area contributed by atoms with Crippen molar-refractivity contribution in [3.63, 3.8) is 0 Å². The van der Waals surface area contributed by atoms with Gasteiger partial charge in [0.2, 0.25) is 0 Å². The fraction of sp³-hybridized carbons (Fsp3) is 0.333. The molecule has 1 atom stereocenters. The van der Waals surface area contributed by atoms with Crippen molar-refractivity contribution in [2.75, 3.05) is 13.2 Å². The number of ether oxygens (including phenoxy) is 2. The molecule has 0 N–H and O–H groups in total. The molecule has 21 heavy (non-hydrogen) atoms. The average molecular weight is 347 g/mol. The molecule has 2 aromatic rings. The lowest BCUT2D eigenvalue weighted by Crippen LogP contribution is -2.19. The van der Waals surface area contributed by atoms with Gasteiger partial charge in [0, 0.05) is 18.0 Å². The van der Waals surface area contributed by atoms with Crippen molar-refractivity contribution in [1.82, 2.24) is 0 Å². The van der Waals surface area contributed by atoms with E-state index in [-0.39, 0.29) is 0 Å². The highest BCUT2D eigenvalue weighted by molar-refractivity contribution is 9.09. The Morgan fingerprint density at radius 1 is 0.905 bits per heavy atom. The molecule has 0 bridgehead atoms. The van der Waals surface area contributed by atoms with Gasteiger partial charge in [0.15, 0.2) is 0 Å². The van der Waals surface area contributed by atoms with Crippen LogP contribution in [0.4, 0.5) is 0 Å². The largest absolute Gasteiger partial charge is 0.457 e. The van der Waals surface area contributed by atoms with Crippen LogP contribution < -0.4 is 4.74 Å². The summed E-state index contributed by atoms with van der Waals surface area (Å²) in [6.45, 7) is 1.75. The van der Waals surface area contributed by atoms with E-state index in [1.165, 1.54) is 5.56 Å². The number of rotatable bonds is 4. The van der Waals surface area contributed by atoms with Crippen molar-refractivity contribution < 1.29 is 9.47 Å². The summed E-state index contributed by atoms with van der Waals surface area (Å²) in [6, 6.07) is 18.2. The molecular weight excluding hydrogens is 328 g/mol. The van der Waals surface area contributed by atoms with Gasteiger partial charge < -0.3 is 9.47 Å². The second kappa shape index (κ2) is 7.10. The maximum atomic E-state index is 5.82. The Balaban J connectivity index is 1.66. The third-order valence-corrected chi connectivity index (χ3v) is 5.13. The van der Waals surface area contributed by atoms with Gasteiger partial charge in [-0.3, -0.25) is 0 Å². The van der Waals surface area contributed by atoms with Gasteiger partial charge in [-0.2, -0.15) is 0 Å². The van der Waals surface area contributed by atoms with Gasteiger partial charge in [-0.15, -0.1) is 0 Å². The lowest BCUT2D eigenvalue weighted by atomic mass is 9.92. The molecule has 2 aromatic carbocycles. The van der Waals surface area contributed by atoms with E-state index in [1.807, 2.05) is 42.5 Å². The Morgan fingerprint density at radius 2 is 1.52 bits per heavy atom. The zero-order valence-corrected chi connectivity index (χ0v) is 13.5. The van der Waals surface area contributed by atoms with Gasteiger partial charge in [-0.1, -0.05) is 46.3 Å². The summed E-state index contributed by atoms with van der Waals surface area (Å²) in [6.07, 6.45) is 2.25. The van der Waals surface area contributed by atoms with Crippen LogP contribution in [0.3, 0.4) is 0 Å². The Hall–Kier alpha value is -1.32. The highest BCUT2D eigenvalue weighted by Crippen LogP contribution is 2.37. The lowest BCUT2D eigenvalue weighted by Gasteiger charge is -2.26. The maximum absolute atomic E-state index is 5.82. The average Bonchev–Trinajstić information content (AvgIpc) is 2.57. The number of alkyl halides is 1. The van der Waals surface area contributed by atoms with Crippen LogP contribution in [0, 0.1) is 5.92 Å². The van der Waals surface area contributed by atoms with Crippen molar-refractivity contribution in [2.45, 2.75) is 17.7 Å². The predicted octanol–water partition coefficient (Wildman–Crippen LogP) is 5.34. The molecule has 110 valence electrons. The van der Waals surface area contributed by atoms with Crippen molar-refractivity contribution >= 4 is 15.9 Å². The van der Waals surface area contributed by atoms with Crippen molar-refractivity contribution in [2.24, 2.45) is 5.92 Å². The molecule has 3 heteroatoms. The SMILES string of the molecule is BrC(c1ccc(Oc2ccccc2)cc1)C1CCOCC1. The topological polar surface area (TPSA) is 18.5 Å². The molecule has 0 aliphatic carbocycles. The number of hydrogen-bond donors (Lipinski definition) is 0. The maximum Gasteiger partial charge on any atom is 0.127 e. The van der Waals surface area contributed by atoms with Gasteiger partial charge in [0.25, 0.3) is 0 Å². The van der Waals surface area contributed by atoms with Gasteiger partial charge in [0.1, 0.15) is 11.5 Å². The first-order valence-electron chi connectivity index (χ1n) is 7.37. The minimum atomic E-state index is 0.396. The number of halogens is 1. The predicted molar refractivity (Wildman–Crippen MR) is 88.2 cm³/mol. The first kappa shape index (κ1) is 14.6. The standard InChI is InChI=1S/C18H19BrO2/c19-18(15-10-12-20-13-11-15)14-6-8-17(9-7-14)21-16-4-2-1-3-5-16/h1-9,15,18H,10-13H2. The third kappa shape index (κ3) is 3.86. The molecular formula is C18H19BrO2. The van der Waals surface area contributed by atoms with Crippen LogP contribution >= 0.6 is 15.9 Å². The first-order valence-corrected chi connectivity index (χ1v) is 8.29. The van der Waals surface area contributed by atoms with E-state index in [2.05, 4.69) is 28.1 Å². The molecule has 1 unspecified atom stereocenters. The second-order valence-corrected chi connectivity index (χ2v) is 6.32. The van der Waals surface area contributed by atoms with Crippen LogP contribution in [0.15, 0.2) is 54.6 Å². The summed E-state index contributed by atoms with van der Waals surface area (Å²) >= 11 is 3.84. The molecule has 0 saturated carbocycles.